The van der Waals surface area contributed by atoms with Gasteiger partial charge in [0, 0.05) is 0 Å². The number of hydrogen-bond acceptors (Lipinski definition) is 6. The molecule has 2 aromatic heterocycles. The van der Waals surface area contributed by atoms with Crippen molar-refractivity contribution in [2.45, 2.75) is 13.8 Å². The Morgan fingerprint density at radius 1 is 1.29 bits per heavy atom. The van der Waals surface area contributed by atoms with E-state index in [4.69, 9.17) is 9.47 Å². The molecule has 0 unspecified atom stereocenters. The zero-order valence-electron chi connectivity index (χ0n) is 15.7. The fourth-order valence-corrected chi connectivity index (χ4v) is 3.72. The monoisotopic (exact) mass is 396 g/mol. The van der Waals surface area contributed by atoms with Crippen molar-refractivity contribution in [1.82, 2.24) is 9.97 Å². The first kappa shape index (κ1) is 19.6. The number of aromatic nitrogens is 2. The Kier molecular flexibility index (Phi) is 6.06. The average Bonchev–Trinajstić information content (AvgIpc) is 3.03. The number of benzene rings is 1. The number of fused-ring (bicyclic) bond motifs is 1. The first-order valence-electron chi connectivity index (χ1n) is 8.75. The molecule has 0 atom stereocenters. The van der Waals surface area contributed by atoms with Gasteiger partial charge in [0.25, 0.3) is 5.56 Å². The number of thiophene rings is 1. The Balaban J connectivity index is 1.87. The lowest BCUT2D eigenvalue weighted by molar-refractivity contribution is 0.0531. The van der Waals surface area contributed by atoms with Gasteiger partial charge in [-0.05, 0) is 43.2 Å². The molecule has 3 aromatic rings. The van der Waals surface area contributed by atoms with Crippen molar-refractivity contribution in [1.29, 1.82) is 0 Å². The van der Waals surface area contributed by atoms with E-state index in [1.165, 1.54) is 11.3 Å². The molecule has 3 rings (SSSR count). The van der Waals surface area contributed by atoms with Crippen LogP contribution in [0.15, 0.2) is 41.7 Å². The van der Waals surface area contributed by atoms with E-state index in [1.807, 2.05) is 30.3 Å². The lowest BCUT2D eigenvalue weighted by Crippen LogP contribution is -2.10. The smallest absolute Gasteiger partial charge is 0.348 e. The third-order valence-electron chi connectivity index (χ3n) is 3.96. The maximum atomic E-state index is 12.5. The predicted octanol–water partition coefficient (Wildman–Crippen LogP) is 4.20. The largest absolute Gasteiger partial charge is 0.490 e. The highest BCUT2D eigenvalue weighted by atomic mass is 32.1. The second-order valence-corrected chi connectivity index (χ2v) is 6.91. The predicted molar refractivity (Wildman–Crippen MR) is 112 cm³/mol. The maximum absolute atomic E-state index is 12.5. The fourth-order valence-electron chi connectivity index (χ4n) is 2.64. The van der Waals surface area contributed by atoms with E-state index in [1.54, 1.807) is 26.0 Å². The minimum atomic E-state index is -0.432. The van der Waals surface area contributed by atoms with Crippen LogP contribution in [-0.2, 0) is 4.74 Å². The summed E-state index contributed by atoms with van der Waals surface area (Å²) in [5, 5.41) is 0.425. The van der Waals surface area contributed by atoms with Gasteiger partial charge in [0.15, 0.2) is 0 Å². The summed E-state index contributed by atoms with van der Waals surface area (Å²) >= 11 is 1.17. The molecule has 1 aromatic carbocycles. The molecule has 0 bridgehead atoms. The van der Waals surface area contributed by atoms with Crippen LogP contribution in [0.5, 0.6) is 5.75 Å². The molecule has 0 aliphatic carbocycles. The van der Waals surface area contributed by atoms with Crippen molar-refractivity contribution < 1.29 is 14.3 Å². The molecule has 28 heavy (non-hydrogen) atoms. The van der Waals surface area contributed by atoms with E-state index in [-0.39, 0.29) is 12.2 Å². The summed E-state index contributed by atoms with van der Waals surface area (Å²) in [5.74, 6) is 0.741. The van der Waals surface area contributed by atoms with Crippen molar-refractivity contribution in [3.63, 3.8) is 0 Å². The molecule has 0 amide bonds. The Morgan fingerprint density at radius 3 is 2.71 bits per heavy atom. The molecule has 0 fully saturated rings. The van der Waals surface area contributed by atoms with Crippen LogP contribution >= 0.6 is 11.3 Å². The number of H-pyrrole nitrogens is 1. The van der Waals surface area contributed by atoms with E-state index in [9.17, 15) is 9.59 Å². The maximum Gasteiger partial charge on any atom is 0.348 e. The van der Waals surface area contributed by atoms with Crippen molar-refractivity contribution in [2.75, 3.05) is 13.2 Å². The molecular formula is C21H20N2O4S. The first-order valence-corrected chi connectivity index (χ1v) is 9.57. The number of carbonyl (C=O) groups is 1. The van der Waals surface area contributed by atoms with Crippen LogP contribution in [0.25, 0.3) is 22.4 Å². The van der Waals surface area contributed by atoms with Crippen LogP contribution in [0, 0.1) is 6.92 Å². The molecule has 0 aliphatic rings. The van der Waals surface area contributed by atoms with E-state index < -0.39 is 5.97 Å². The average molecular weight is 396 g/mol. The van der Waals surface area contributed by atoms with Crippen LogP contribution in [-0.4, -0.2) is 29.2 Å². The number of rotatable bonds is 7. The standard InChI is InChI=1S/C21H20N2O4S/c1-4-12-27-15-9-6-14(7-10-15)8-11-16-22-19(24)17-13(3)18(21(25)26-5-2)28-20(17)23-16/h4,6-11H,1,5,12H2,2-3H3,(H,22,23,24)/b11-8+. The second kappa shape index (κ2) is 8.67. The Hall–Kier alpha value is -3.19. The highest BCUT2D eigenvalue weighted by Gasteiger charge is 2.19. The molecule has 0 saturated carbocycles. The summed E-state index contributed by atoms with van der Waals surface area (Å²) in [6, 6.07) is 7.52. The van der Waals surface area contributed by atoms with E-state index in [2.05, 4.69) is 16.5 Å². The molecule has 0 spiro atoms. The minimum absolute atomic E-state index is 0.276. The molecule has 0 aliphatic heterocycles. The Bertz CT molecular complexity index is 1090. The number of nitrogens with one attached hydrogen (secondary N) is 1. The van der Waals surface area contributed by atoms with Gasteiger partial charge >= 0.3 is 5.97 Å². The number of aryl methyl sites for hydroxylation is 1. The fraction of sp³-hybridized carbons (Fsp3) is 0.190. The van der Waals surface area contributed by atoms with Crippen LogP contribution < -0.4 is 10.3 Å². The van der Waals surface area contributed by atoms with Gasteiger partial charge in [-0.25, -0.2) is 9.78 Å². The van der Waals surface area contributed by atoms with Crippen molar-refractivity contribution in [2.24, 2.45) is 0 Å². The molecule has 6 nitrogen and oxygen atoms in total. The van der Waals surface area contributed by atoms with Crippen LogP contribution in [0.3, 0.4) is 0 Å². The van der Waals surface area contributed by atoms with Crippen molar-refractivity contribution >= 4 is 39.7 Å². The summed E-state index contributed by atoms with van der Waals surface area (Å²) in [5.41, 5.74) is 1.25. The summed E-state index contributed by atoms with van der Waals surface area (Å²) in [6.45, 7) is 7.82. The van der Waals surface area contributed by atoms with E-state index in [0.717, 1.165) is 11.3 Å². The molecule has 144 valence electrons. The number of ether oxygens (including phenoxy) is 2. The van der Waals surface area contributed by atoms with Gasteiger partial charge in [-0.3, -0.25) is 4.79 Å². The van der Waals surface area contributed by atoms with Crippen LogP contribution in [0.4, 0.5) is 0 Å². The zero-order valence-corrected chi connectivity index (χ0v) is 16.5. The van der Waals surface area contributed by atoms with Crippen LogP contribution in [0.1, 0.15) is 33.5 Å². The van der Waals surface area contributed by atoms with Gasteiger partial charge in [-0.15, -0.1) is 11.3 Å². The van der Waals surface area contributed by atoms with E-state index >= 15 is 0 Å². The van der Waals surface area contributed by atoms with Crippen molar-refractivity contribution in [3.8, 4) is 5.75 Å². The first-order chi connectivity index (χ1) is 13.5. The topological polar surface area (TPSA) is 81.3 Å². The van der Waals surface area contributed by atoms with Gasteiger partial charge in [-0.1, -0.05) is 30.9 Å². The molecule has 2 heterocycles. The molecule has 0 radical (unpaired) electrons. The third kappa shape index (κ3) is 4.20. The quantitative estimate of drug-likeness (QED) is 0.478. The molecular weight excluding hydrogens is 376 g/mol. The van der Waals surface area contributed by atoms with E-state index in [0.29, 0.717) is 33.1 Å². The summed E-state index contributed by atoms with van der Waals surface area (Å²) < 4.78 is 10.5. The zero-order chi connectivity index (χ0) is 20.1. The number of esters is 1. The summed E-state index contributed by atoms with van der Waals surface area (Å²) in [4.78, 5) is 32.7. The van der Waals surface area contributed by atoms with Crippen molar-refractivity contribution in [3.05, 3.63) is 69.1 Å². The number of aromatic amines is 1. The molecule has 1 N–H and O–H groups in total. The number of hydrogen-bond donors (Lipinski definition) is 1. The molecule has 7 heteroatoms. The van der Waals surface area contributed by atoms with Gasteiger partial charge in [0.05, 0.1) is 12.0 Å². The Labute approximate surface area is 166 Å². The molecule has 0 saturated heterocycles. The highest BCUT2D eigenvalue weighted by molar-refractivity contribution is 7.20. The summed E-state index contributed by atoms with van der Waals surface area (Å²) in [6.07, 6.45) is 5.25. The minimum Gasteiger partial charge on any atom is -0.490 e. The second-order valence-electron chi connectivity index (χ2n) is 5.91. The lowest BCUT2D eigenvalue weighted by Gasteiger charge is -2.02. The SMILES string of the molecule is C=CCOc1ccc(/C=C/c2nc3sc(C(=O)OCC)c(C)c3c(=O)[nH]2)cc1. The number of carbonyl (C=O) groups excluding carboxylic acids is 1. The lowest BCUT2D eigenvalue weighted by atomic mass is 10.2. The Morgan fingerprint density at radius 2 is 2.04 bits per heavy atom. The van der Waals surface area contributed by atoms with Gasteiger partial charge < -0.3 is 14.5 Å². The van der Waals surface area contributed by atoms with Gasteiger partial charge in [0.2, 0.25) is 0 Å². The highest BCUT2D eigenvalue weighted by Crippen LogP contribution is 2.27. The van der Waals surface area contributed by atoms with Crippen LogP contribution in [0.2, 0.25) is 0 Å². The number of nitrogens with zero attached hydrogens (tertiary/aromatic N) is 1. The third-order valence-corrected chi connectivity index (χ3v) is 5.13. The van der Waals surface area contributed by atoms with Gasteiger partial charge in [-0.2, -0.15) is 0 Å². The normalized spacial score (nSPS) is 11.1. The van der Waals surface area contributed by atoms with Gasteiger partial charge in [0.1, 0.15) is 27.9 Å². The summed E-state index contributed by atoms with van der Waals surface area (Å²) in [7, 11) is 0.